The molecule has 9 heteroatoms. The fourth-order valence-corrected chi connectivity index (χ4v) is 3.63. The fraction of sp³-hybridized carbons (Fsp3) is 0.609. The first-order valence-electron chi connectivity index (χ1n) is 11.0. The van der Waals surface area contributed by atoms with Gasteiger partial charge >= 0.3 is 6.09 Å². The van der Waals surface area contributed by atoms with Crippen LogP contribution in [-0.2, 0) is 11.2 Å². The van der Waals surface area contributed by atoms with Crippen molar-refractivity contribution in [1.29, 1.82) is 0 Å². The van der Waals surface area contributed by atoms with Gasteiger partial charge in [-0.1, -0.05) is 32.8 Å². The fourth-order valence-electron chi connectivity index (χ4n) is 3.63. The number of guanidine groups is 1. The van der Waals surface area contributed by atoms with Crippen molar-refractivity contribution in [2.45, 2.75) is 71.4 Å². The maximum Gasteiger partial charge on any atom is 0.404 e. The second kappa shape index (κ2) is 14.2. The van der Waals surface area contributed by atoms with Gasteiger partial charge in [0.25, 0.3) is 5.91 Å². The van der Waals surface area contributed by atoms with E-state index < -0.39 is 6.09 Å². The van der Waals surface area contributed by atoms with Crippen LogP contribution < -0.4 is 25.8 Å². The van der Waals surface area contributed by atoms with Gasteiger partial charge in [-0.3, -0.25) is 4.79 Å². The number of methoxy groups -OCH3 is 2. The average Bonchev–Trinajstić information content (AvgIpc) is 3.19. The van der Waals surface area contributed by atoms with Crippen LogP contribution in [0.25, 0.3) is 0 Å². The van der Waals surface area contributed by atoms with E-state index in [4.69, 9.17) is 20.3 Å². The molecule has 0 aromatic heterocycles. The Morgan fingerprint density at radius 2 is 1.78 bits per heavy atom. The van der Waals surface area contributed by atoms with Crippen molar-refractivity contribution in [1.82, 2.24) is 10.6 Å². The molecule has 0 saturated heterocycles. The largest absolute Gasteiger partial charge is 0.493 e. The number of carbonyl (C=O) groups excluding carboxylic acids is 1. The Morgan fingerprint density at radius 1 is 1.16 bits per heavy atom. The van der Waals surface area contributed by atoms with Gasteiger partial charge < -0.3 is 30.9 Å². The summed E-state index contributed by atoms with van der Waals surface area (Å²) in [5, 5.41) is 13.8. The number of nitrogens with one attached hydrogen (secondary N) is 2. The van der Waals surface area contributed by atoms with Crippen LogP contribution in [0.2, 0.25) is 0 Å². The molecule has 2 amide bonds. The van der Waals surface area contributed by atoms with E-state index in [1.807, 2.05) is 6.92 Å². The molecule has 1 saturated carbocycles. The molecule has 0 unspecified atom stereocenters. The number of ether oxygens (including phenoxy) is 2. The Labute approximate surface area is 190 Å². The van der Waals surface area contributed by atoms with Crippen molar-refractivity contribution < 1.29 is 24.2 Å². The predicted octanol–water partition coefficient (Wildman–Crippen LogP) is 3.31. The minimum Gasteiger partial charge on any atom is -0.493 e. The molecule has 9 nitrogen and oxygen atoms in total. The number of nitrogens with zero attached hydrogens (tertiary/aromatic N) is 1. The molecular formula is C23H38N4O5. The maximum atomic E-state index is 12.0. The van der Waals surface area contributed by atoms with Crippen LogP contribution in [0.4, 0.5) is 4.79 Å². The van der Waals surface area contributed by atoms with Crippen LogP contribution in [0, 0.1) is 5.92 Å². The summed E-state index contributed by atoms with van der Waals surface area (Å²) in [6.07, 6.45) is 4.61. The zero-order chi connectivity index (χ0) is 24.1. The standard InChI is InChI=1S/C17H27N3O3.C6H11NO2/c1-11(2)8-12(3)19-17(18)20-16(21)10-13-6-7-14(22-4)15(9-13)23-5;8-6(9)7-5-3-1-2-4-5/h6-7,9,11-12H,8,10H2,1-5H3,(H3,18,19,20,21);5,7H,1-4H2,(H,8,9)/t12-;/m1./s1. The van der Waals surface area contributed by atoms with Gasteiger partial charge in [0.15, 0.2) is 17.5 Å². The highest BCUT2D eigenvalue weighted by Gasteiger charge is 2.15. The molecule has 2 rings (SSSR count). The lowest BCUT2D eigenvalue weighted by atomic mass is 10.1. The van der Waals surface area contributed by atoms with Gasteiger partial charge in [-0.15, -0.1) is 0 Å². The van der Waals surface area contributed by atoms with E-state index in [9.17, 15) is 9.59 Å². The van der Waals surface area contributed by atoms with E-state index >= 15 is 0 Å². The molecule has 1 atom stereocenters. The van der Waals surface area contributed by atoms with Crippen molar-refractivity contribution in [2.24, 2.45) is 16.6 Å². The van der Waals surface area contributed by atoms with Gasteiger partial charge in [-0.05, 0) is 49.8 Å². The highest BCUT2D eigenvalue weighted by molar-refractivity contribution is 5.93. The molecule has 5 N–H and O–H groups in total. The summed E-state index contributed by atoms with van der Waals surface area (Å²) < 4.78 is 10.4. The number of aliphatic imine (C=N–C) groups is 1. The molecule has 1 aliphatic carbocycles. The number of hydrogen-bond acceptors (Lipinski definition) is 4. The van der Waals surface area contributed by atoms with E-state index in [1.54, 1.807) is 32.4 Å². The lowest BCUT2D eigenvalue weighted by Gasteiger charge is -2.16. The van der Waals surface area contributed by atoms with E-state index in [0.717, 1.165) is 24.8 Å². The Bertz CT molecular complexity index is 761. The van der Waals surface area contributed by atoms with Gasteiger partial charge in [0.1, 0.15) is 0 Å². The van der Waals surface area contributed by atoms with Crippen LogP contribution in [0.3, 0.4) is 0 Å². The van der Waals surface area contributed by atoms with Crippen LogP contribution in [-0.4, -0.2) is 49.4 Å². The van der Waals surface area contributed by atoms with Gasteiger partial charge in [-0.25, -0.2) is 4.79 Å². The van der Waals surface area contributed by atoms with Gasteiger partial charge in [0, 0.05) is 12.1 Å². The summed E-state index contributed by atoms with van der Waals surface area (Å²) >= 11 is 0. The van der Waals surface area contributed by atoms with Crippen molar-refractivity contribution in [3.63, 3.8) is 0 Å². The van der Waals surface area contributed by atoms with Gasteiger partial charge in [0.2, 0.25) is 0 Å². The monoisotopic (exact) mass is 450 g/mol. The normalized spacial score (nSPS) is 14.9. The van der Waals surface area contributed by atoms with Crippen LogP contribution in [0.1, 0.15) is 58.4 Å². The molecule has 32 heavy (non-hydrogen) atoms. The summed E-state index contributed by atoms with van der Waals surface area (Å²) in [5.74, 6) is 1.60. The zero-order valence-corrected chi connectivity index (χ0v) is 19.8. The molecule has 0 heterocycles. The number of nitrogens with two attached hydrogens (primary N) is 1. The van der Waals surface area contributed by atoms with E-state index in [-0.39, 0.29) is 30.4 Å². The number of carbonyl (C=O) groups is 2. The first-order valence-corrected chi connectivity index (χ1v) is 11.0. The third-order valence-electron chi connectivity index (χ3n) is 4.95. The lowest BCUT2D eigenvalue weighted by Crippen LogP contribution is -2.39. The Morgan fingerprint density at radius 3 is 2.31 bits per heavy atom. The Kier molecular flexibility index (Phi) is 12.0. The van der Waals surface area contributed by atoms with E-state index in [2.05, 4.69) is 29.5 Å². The summed E-state index contributed by atoms with van der Waals surface area (Å²) in [5.41, 5.74) is 6.57. The second-order valence-corrected chi connectivity index (χ2v) is 8.36. The highest BCUT2D eigenvalue weighted by atomic mass is 16.5. The summed E-state index contributed by atoms with van der Waals surface area (Å²) in [7, 11) is 3.12. The third kappa shape index (κ3) is 10.9. The molecule has 0 radical (unpaired) electrons. The first kappa shape index (κ1) is 27.1. The molecule has 0 aliphatic heterocycles. The summed E-state index contributed by atoms with van der Waals surface area (Å²) in [6.45, 7) is 6.28. The van der Waals surface area contributed by atoms with E-state index in [1.165, 1.54) is 12.8 Å². The molecule has 1 aliphatic rings. The molecule has 1 fully saturated rings. The molecular weight excluding hydrogens is 412 g/mol. The number of rotatable bonds is 8. The minimum absolute atomic E-state index is 0.154. The zero-order valence-electron chi connectivity index (χ0n) is 19.8. The van der Waals surface area contributed by atoms with Crippen molar-refractivity contribution in [3.8, 4) is 11.5 Å². The first-order chi connectivity index (χ1) is 15.1. The summed E-state index contributed by atoms with van der Waals surface area (Å²) in [6, 6.07) is 5.74. The number of carboxylic acid groups (broad SMARTS) is 1. The van der Waals surface area contributed by atoms with Crippen molar-refractivity contribution in [2.75, 3.05) is 14.2 Å². The topological polar surface area (TPSA) is 135 Å². The number of amides is 2. The third-order valence-corrected chi connectivity index (χ3v) is 4.95. The highest BCUT2D eigenvalue weighted by Crippen LogP contribution is 2.27. The molecule has 180 valence electrons. The van der Waals surface area contributed by atoms with Gasteiger partial charge in [-0.2, -0.15) is 4.99 Å². The quantitative estimate of drug-likeness (QED) is 0.352. The Hall–Kier alpha value is -2.97. The van der Waals surface area contributed by atoms with Crippen molar-refractivity contribution >= 4 is 18.0 Å². The SMILES string of the molecule is COc1ccc(CC(=O)N=C(N)N[C@H](C)CC(C)C)cc1OC.O=C(O)NC1CCCC1. The van der Waals surface area contributed by atoms with E-state index in [0.29, 0.717) is 17.4 Å². The van der Waals surface area contributed by atoms with Crippen LogP contribution >= 0.6 is 0 Å². The number of hydrogen-bond donors (Lipinski definition) is 4. The predicted molar refractivity (Wildman–Crippen MR) is 125 cm³/mol. The molecule has 1 aromatic rings. The van der Waals surface area contributed by atoms with Crippen molar-refractivity contribution in [3.05, 3.63) is 23.8 Å². The minimum atomic E-state index is -0.887. The molecule has 1 aromatic carbocycles. The number of benzene rings is 1. The van der Waals surface area contributed by atoms with Crippen LogP contribution in [0.5, 0.6) is 11.5 Å². The second-order valence-electron chi connectivity index (χ2n) is 8.36. The average molecular weight is 451 g/mol. The molecule has 0 spiro atoms. The van der Waals surface area contributed by atoms with Crippen LogP contribution in [0.15, 0.2) is 23.2 Å². The molecule has 0 bridgehead atoms. The lowest BCUT2D eigenvalue weighted by molar-refractivity contribution is -0.117. The smallest absolute Gasteiger partial charge is 0.404 e. The van der Waals surface area contributed by atoms with Gasteiger partial charge in [0.05, 0.1) is 20.6 Å². The maximum absolute atomic E-state index is 12.0. The summed E-state index contributed by atoms with van der Waals surface area (Å²) in [4.78, 5) is 25.9. The Balaban J connectivity index is 0.000000471.